The van der Waals surface area contributed by atoms with Crippen molar-refractivity contribution < 1.29 is 37.7 Å². The molecule has 0 heterocycles. The van der Waals surface area contributed by atoms with Crippen molar-refractivity contribution in [3.05, 3.63) is 29.8 Å². The third-order valence-corrected chi connectivity index (χ3v) is 2.80. The highest BCUT2D eigenvalue weighted by molar-refractivity contribution is 5.89. The Labute approximate surface area is 132 Å². The Morgan fingerprint density at radius 2 is 1.78 bits per heavy atom. The molecule has 1 atom stereocenters. The summed E-state index contributed by atoms with van der Waals surface area (Å²) in [7, 11) is 1.49. The molecule has 0 spiro atoms. The Morgan fingerprint density at radius 3 is 2.22 bits per heavy atom. The summed E-state index contributed by atoms with van der Waals surface area (Å²) in [6, 6.07) is 5.51. The number of methoxy groups -OCH3 is 1. The molecule has 0 aliphatic heterocycles. The molecule has 128 valence electrons. The third-order valence-electron chi connectivity index (χ3n) is 2.80. The molecule has 0 bridgehead atoms. The average Bonchev–Trinajstić information content (AvgIpc) is 2.50. The number of aliphatic carboxylic acids is 1. The van der Waals surface area contributed by atoms with Crippen molar-refractivity contribution >= 4 is 11.9 Å². The normalized spacial score (nSPS) is 12.8. The highest BCUT2D eigenvalue weighted by Gasteiger charge is 2.33. The zero-order valence-electron chi connectivity index (χ0n) is 12.9. The van der Waals surface area contributed by atoms with Crippen LogP contribution in [0.4, 0.5) is 8.78 Å². The van der Waals surface area contributed by atoms with Crippen LogP contribution in [0.2, 0.25) is 0 Å². The van der Waals surface area contributed by atoms with Gasteiger partial charge in [-0.05, 0) is 24.3 Å². The predicted molar refractivity (Wildman–Crippen MR) is 72.9 cm³/mol. The fraction of sp³-hybridized carbons (Fsp3) is 0.467. The summed E-state index contributed by atoms with van der Waals surface area (Å²) in [6.45, 7) is 2.21. The van der Waals surface area contributed by atoms with Gasteiger partial charge in [0.1, 0.15) is 11.7 Å². The minimum absolute atomic E-state index is 0.0231. The van der Waals surface area contributed by atoms with Crippen LogP contribution in [-0.2, 0) is 14.3 Å². The minimum atomic E-state index is -4.23. The number of esters is 1. The van der Waals surface area contributed by atoms with Gasteiger partial charge in [0.05, 0.1) is 5.56 Å². The van der Waals surface area contributed by atoms with Crippen LogP contribution >= 0.6 is 0 Å². The van der Waals surface area contributed by atoms with Crippen LogP contribution < -0.4 is 9.84 Å². The van der Waals surface area contributed by atoms with Gasteiger partial charge in [0.25, 0.3) is 0 Å². The summed E-state index contributed by atoms with van der Waals surface area (Å²) < 4.78 is 40.5. The van der Waals surface area contributed by atoms with E-state index in [2.05, 4.69) is 4.74 Å². The van der Waals surface area contributed by atoms with Crippen molar-refractivity contribution in [2.24, 2.45) is 5.92 Å². The highest BCUT2D eigenvalue weighted by Crippen LogP contribution is 2.19. The van der Waals surface area contributed by atoms with E-state index < -0.39 is 30.8 Å². The smallest absolute Gasteiger partial charge is 0.338 e. The second kappa shape index (κ2) is 7.87. The molecule has 0 saturated heterocycles. The first-order valence-electron chi connectivity index (χ1n) is 6.73. The van der Waals surface area contributed by atoms with E-state index in [1.807, 2.05) is 13.8 Å². The van der Waals surface area contributed by atoms with E-state index in [0.29, 0.717) is 5.75 Å². The Hall–Kier alpha value is -2.22. The van der Waals surface area contributed by atoms with Crippen LogP contribution in [0.3, 0.4) is 0 Å². The van der Waals surface area contributed by atoms with Crippen molar-refractivity contribution in [2.75, 3.05) is 13.7 Å². The van der Waals surface area contributed by atoms with Gasteiger partial charge in [0, 0.05) is 13.0 Å². The molecule has 1 aromatic rings. The number of halogens is 2. The molecule has 23 heavy (non-hydrogen) atoms. The zero-order valence-corrected chi connectivity index (χ0v) is 12.9. The largest absolute Gasteiger partial charge is 0.544 e. The number of benzene rings is 1. The van der Waals surface area contributed by atoms with Crippen molar-refractivity contribution in [1.82, 2.24) is 0 Å². The van der Waals surface area contributed by atoms with Gasteiger partial charge >= 0.3 is 11.9 Å². The number of carboxylic acid groups (broad SMARTS) is 1. The number of carbonyl (C=O) groups is 2. The van der Waals surface area contributed by atoms with Crippen LogP contribution in [0.15, 0.2) is 24.3 Å². The number of carboxylic acids is 1. The topological polar surface area (TPSA) is 84.9 Å². The zero-order chi connectivity index (χ0) is 17.6. The number of hydrogen-bond acceptors (Lipinski definition) is 6. The first kappa shape index (κ1) is 18.8. The van der Waals surface area contributed by atoms with E-state index in [1.165, 1.54) is 31.4 Å². The van der Waals surface area contributed by atoms with Gasteiger partial charge in [0.15, 0.2) is 6.61 Å². The van der Waals surface area contributed by atoms with Crippen LogP contribution in [0.25, 0.3) is 0 Å². The van der Waals surface area contributed by atoms with Gasteiger partial charge in [-0.3, -0.25) is 0 Å². The maximum absolute atomic E-state index is 12.8. The highest BCUT2D eigenvalue weighted by atomic mass is 19.3. The number of ether oxygens (including phenoxy) is 3. The van der Waals surface area contributed by atoms with E-state index in [4.69, 9.17) is 9.47 Å². The Kier molecular flexibility index (Phi) is 6.44. The van der Waals surface area contributed by atoms with Crippen molar-refractivity contribution in [1.29, 1.82) is 0 Å². The van der Waals surface area contributed by atoms with E-state index in [0.717, 1.165) is 0 Å². The summed E-state index contributed by atoms with van der Waals surface area (Å²) >= 11 is 0. The van der Waals surface area contributed by atoms with E-state index in [-0.39, 0.29) is 11.5 Å². The number of alkyl halides is 2. The second-order valence-electron chi connectivity index (χ2n) is 5.06. The molecule has 0 aliphatic rings. The van der Waals surface area contributed by atoms with Gasteiger partial charge in [-0.2, -0.15) is 8.78 Å². The molecule has 0 fully saturated rings. The number of carbonyl (C=O) groups excluding carboxylic acids is 2. The van der Waals surface area contributed by atoms with Crippen molar-refractivity contribution in [3.63, 3.8) is 0 Å². The fourth-order valence-corrected chi connectivity index (χ4v) is 1.56. The first-order valence-corrected chi connectivity index (χ1v) is 6.73. The van der Waals surface area contributed by atoms with Crippen molar-refractivity contribution in [2.45, 2.75) is 26.1 Å². The molecule has 1 aromatic carbocycles. The predicted octanol–water partition coefficient (Wildman–Crippen LogP) is 1.24. The monoisotopic (exact) mass is 331 g/mol. The lowest BCUT2D eigenvalue weighted by atomic mass is 10.2. The quantitative estimate of drug-likeness (QED) is 0.526. The molecule has 6 nitrogen and oxygen atoms in total. The van der Waals surface area contributed by atoms with Crippen LogP contribution in [0, 0.1) is 5.92 Å². The van der Waals surface area contributed by atoms with Crippen LogP contribution in [0.1, 0.15) is 24.2 Å². The van der Waals surface area contributed by atoms with E-state index in [9.17, 15) is 23.5 Å². The Bertz CT molecular complexity index is 541. The van der Waals surface area contributed by atoms with Gasteiger partial charge in [-0.1, -0.05) is 13.8 Å². The van der Waals surface area contributed by atoms with E-state index >= 15 is 0 Å². The molecule has 1 unspecified atom stereocenters. The summed E-state index contributed by atoms with van der Waals surface area (Å²) in [4.78, 5) is 21.7. The second-order valence-corrected chi connectivity index (χ2v) is 5.06. The molecular formula is C15H17F2O6-. The molecule has 0 aliphatic carbocycles. The van der Waals surface area contributed by atoms with Crippen LogP contribution in [-0.4, -0.2) is 37.9 Å². The fourth-order valence-electron chi connectivity index (χ4n) is 1.56. The Balaban J connectivity index is 2.66. The molecule has 0 saturated carbocycles. The molecule has 1 rings (SSSR count). The van der Waals surface area contributed by atoms with Gasteiger partial charge in [-0.15, -0.1) is 0 Å². The lowest BCUT2D eigenvalue weighted by Crippen LogP contribution is -2.45. The number of rotatable bonds is 8. The van der Waals surface area contributed by atoms with Gasteiger partial charge < -0.3 is 24.1 Å². The molecular weight excluding hydrogens is 314 g/mol. The average molecular weight is 331 g/mol. The maximum atomic E-state index is 12.8. The summed E-state index contributed by atoms with van der Waals surface area (Å²) in [5.74, 6) is -7.40. The molecule has 0 aromatic heterocycles. The molecule has 0 radical (unpaired) electrons. The van der Waals surface area contributed by atoms with Crippen LogP contribution in [0.5, 0.6) is 5.75 Å². The number of hydrogen-bond donors (Lipinski definition) is 0. The minimum Gasteiger partial charge on any atom is -0.544 e. The standard InChI is InChI=1S/C15H18F2O6/c1-9(2)13(21-3)23-11-6-4-10(5-7-11)12(18)22-8-15(16,17)14(19)20/h4-7,9,13H,8H2,1-3H3,(H,19,20)/p-1. The summed E-state index contributed by atoms with van der Waals surface area (Å²) in [5, 5.41) is 10.1. The van der Waals surface area contributed by atoms with Gasteiger partial charge in [0.2, 0.25) is 6.29 Å². The lowest BCUT2D eigenvalue weighted by molar-refractivity contribution is -0.331. The summed E-state index contributed by atoms with van der Waals surface area (Å²) in [5.41, 5.74) is -0.0231. The lowest BCUT2D eigenvalue weighted by Gasteiger charge is -2.20. The maximum Gasteiger partial charge on any atom is 0.338 e. The van der Waals surface area contributed by atoms with E-state index in [1.54, 1.807) is 0 Å². The SMILES string of the molecule is COC(Oc1ccc(C(=O)OCC(F)(F)C(=O)[O-])cc1)C(C)C. The molecule has 8 heteroatoms. The summed E-state index contributed by atoms with van der Waals surface area (Å²) in [6.07, 6.45) is -0.477. The van der Waals surface area contributed by atoms with Crippen molar-refractivity contribution in [3.8, 4) is 5.75 Å². The van der Waals surface area contributed by atoms with Gasteiger partial charge in [-0.25, -0.2) is 4.79 Å². The third kappa shape index (κ3) is 5.48. The molecule has 0 N–H and O–H groups in total. The Morgan fingerprint density at radius 1 is 1.22 bits per heavy atom. The molecule has 0 amide bonds. The first-order chi connectivity index (χ1) is 10.7.